The largest absolute Gasteiger partial charge is 0.378 e. The topological polar surface area (TPSA) is 41.7 Å². The summed E-state index contributed by atoms with van der Waals surface area (Å²) in [6.07, 6.45) is 6.65. The lowest BCUT2D eigenvalue weighted by atomic mass is 9.95. The van der Waals surface area contributed by atoms with E-state index in [2.05, 4.69) is 9.80 Å². The lowest BCUT2D eigenvalue weighted by Gasteiger charge is -2.49. The second kappa shape index (κ2) is 5.87. The molecule has 104 valence electrons. The van der Waals surface area contributed by atoms with Gasteiger partial charge in [0.1, 0.15) is 0 Å². The third-order valence-corrected chi connectivity index (χ3v) is 4.90. The highest BCUT2D eigenvalue weighted by molar-refractivity contribution is 4.93. The third kappa shape index (κ3) is 2.87. The Morgan fingerprint density at radius 3 is 2.67 bits per heavy atom. The van der Waals surface area contributed by atoms with Crippen molar-refractivity contribution in [3.05, 3.63) is 0 Å². The summed E-state index contributed by atoms with van der Waals surface area (Å²) in [5.74, 6) is 0. The Labute approximate surface area is 110 Å². The van der Waals surface area contributed by atoms with Crippen molar-refractivity contribution in [3.63, 3.8) is 0 Å². The fourth-order valence-corrected chi connectivity index (χ4v) is 3.71. The maximum Gasteiger partial charge on any atom is 0.0576 e. The molecule has 0 aromatic rings. The number of nitrogens with two attached hydrogens (primary N) is 1. The molecule has 3 atom stereocenters. The van der Waals surface area contributed by atoms with E-state index in [4.69, 9.17) is 10.5 Å². The Bertz CT molecular complexity index is 260. The molecule has 0 aromatic carbocycles. The smallest absolute Gasteiger partial charge is 0.0576 e. The molecule has 0 aliphatic carbocycles. The van der Waals surface area contributed by atoms with Crippen molar-refractivity contribution in [1.82, 2.24) is 9.80 Å². The first kappa shape index (κ1) is 12.9. The van der Waals surface area contributed by atoms with Crippen molar-refractivity contribution >= 4 is 0 Å². The second-order valence-electron chi connectivity index (χ2n) is 6.13. The van der Waals surface area contributed by atoms with Gasteiger partial charge in [-0.15, -0.1) is 0 Å². The zero-order valence-electron chi connectivity index (χ0n) is 11.4. The number of nitrogens with zero attached hydrogens (tertiary/aromatic N) is 2. The first-order valence-corrected chi connectivity index (χ1v) is 7.66. The summed E-state index contributed by atoms with van der Waals surface area (Å²) < 4.78 is 5.67. The highest BCUT2D eigenvalue weighted by Gasteiger charge is 2.35. The molecule has 4 fully saturated rings. The van der Waals surface area contributed by atoms with Gasteiger partial charge >= 0.3 is 0 Å². The predicted octanol–water partition coefficient (Wildman–Crippen LogP) is 0.663. The van der Waals surface area contributed by atoms with E-state index >= 15 is 0 Å². The minimum atomic E-state index is 0.356. The molecular weight excluding hydrogens is 226 g/mol. The van der Waals surface area contributed by atoms with Gasteiger partial charge in [0, 0.05) is 51.4 Å². The molecule has 4 nitrogen and oxygen atoms in total. The molecule has 18 heavy (non-hydrogen) atoms. The molecule has 4 aliphatic heterocycles. The van der Waals surface area contributed by atoms with Gasteiger partial charge in [-0.1, -0.05) is 0 Å². The van der Waals surface area contributed by atoms with Gasteiger partial charge < -0.3 is 10.5 Å². The SMILES string of the molecule is NC(CCCC1CCCO1)C1CN2CCN1CC2. The van der Waals surface area contributed by atoms with Gasteiger partial charge in [-0.2, -0.15) is 0 Å². The monoisotopic (exact) mass is 253 g/mol. The predicted molar refractivity (Wildman–Crippen MR) is 72.6 cm³/mol. The molecule has 0 aromatic heterocycles. The molecule has 0 radical (unpaired) electrons. The van der Waals surface area contributed by atoms with Crippen LogP contribution in [0.25, 0.3) is 0 Å². The Kier molecular flexibility index (Phi) is 4.19. The van der Waals surface area contributed by atoms with Gasteiger partial charge in [0.2, 0.25) is 0 Å². The van der Waals surface area contributed by atoms with Crippen LogP contribution in [0.1, 0.15) is 32.1 Å². The van der Waals surface area contributed by atoms with Crippen LogP contribution >= 0.6 is 0 Å². The molecule has 0 saturated carbocycles. The molecule has 2 bridgehead atoms. The summed E-state index contributed by atoms with van der Waals surface area (Å²) in [7, 11) is 0. The normalized spacial score (nSPS) is 41.2. The standard InChI is InChI=1S/C14H27N3O/c15-13(5-1-3-12-4-2-10-18-12)14-11-16-6-8-17(14)9-7-16/h12-14H,1-11,15H2. The van der Waals surface area contributed by atoms with Gasteiger partial charge in [0.15, 0.2) is 0 Å². The minimum Gasteiger partial charge on any atom is -0.378 e. The highest BCUT2D eigenvalue weighted by Crippen LogP contribution is 2.22. The molecule has 3 unspecified atom stereocenters. The first-order chi connectivity index (χ1) is 8.83. The van der Waals surface area contributed by atoms with Crippen molar-refractivity contribution < 1.29 is 4.74 Å². The van der Waals surface area contributed by atoms with Crippen molar-refractivity contribution in [2.75, 3.05) is 39.3 Å². The van der Waals surface area contributed by atoms with Crippen LogP contribution in [-0.2, 0) is 4.74 Å². The molecule has 2 N–H and O–H groups in total. The quantitative estimate of drug-likeness (QED) is 0.782. The van der Waals surface area contributed by atoms with Crippen LogP contribution in [0, 0.1) is 0 Å². The Hall–Kier alpha value is -0.160. The van der Waals surface area contributed by atoms with E-state index in [1.54, 1.807) is 0 Å². The highest BCUT2D eigenvalue weighted by atomic mass is 16.5. The van der Waals surface area contributed by atoms with Crippen LogP contribution in [0.5, 0.6) is 0 Å². The lowest BCUT2D eigenvalue weighted by molar-refractivity contribution is 0.000551. The van der Waals surface area contributed by atoms with E-state index in [0.717, 1.165) is 13.0 Å². The average Bonchev–Trinajstić information content (AvgIpc) is 2.93. The number of ether oxygens (including phenoxy) is 1. The van der Waals surface area contributed by atoms with Crippen LogP contribution in [0.3, 0.4) is 0 Å². The summed E-state index contributed by atoms with van der Waals surface area (Å²) in [5.41, 5.74) is 6.41. The minimum absolute atomic E-state index is 0.356. The van der Waals surface area contributed by atoms with Crippen molar-refractivity contribution in [2.24, 2.45) is 5.73 Å². The second-order valence-corrected chi connectivity index (χ2v) is 6.13. The van der Waals surface area contributed by atoms with Crippen LogP contribution in [0.2, 0.25) is 0 Å². The van der Waals surface area contributed by atoms with Crippen LogP contribution in [0.4, 0.5) is 0 Å². The van der Waals surface area contributed by atoms with E-state index in [0.29, 0.717) is 18.2 Å². The van der Waals surface area contributed by atoms with Gasteiger partial charge in [-0.25, -0.2) is 0 Å². The lowest BCUT2D eigenvalue weighted by Crippen LogP contribution is -2.65. The van der Waals surface area contributed by atoms with E-state index in [1.807, 2.05) is 0 Å². The van der Waals surface area contributed by atoms with Gasteiger partial charge in [0.05, 0.1) is 6.10 Å². The number of hydrogen-bond acceptors (Lipinski definition) is 4. The number of rotatable bonds is 5. The number of piperazine rings is 3. The average molecular weight is 253 g/mol. The fourth-order valence-electron chi connectivity index (χ4n) is 3.71. The van der Waals surface area contributed by atoms with Crippen molar-refractivity contribution in [3.8, 4) is 0 Å². The van der Waals surface area contributed by atoms with Crippen molar-refractivity contribution in [1.29, 1.82) is 0 Å². The third-order valence-electron chi connectivity index (χ3n) is 4.90. The van der Waals surface area contributed by atoms with Gasteiger partial charge in [-0.05, 0) is 32.1 Å². The summed E-state index contributed by atoms with van der Waals surface area (Å²) in [5, 5.41) is 0. The Morgan fingerprint density at radius 2 is 2.06 bits per heavy atom. The van der Waals surface area contributed by atoms with Crippen LogP contribution in [-0.4, -0.2) is 67.3 Å². The molecule has 4 heteroatoms. The van der Waals surface area contributed by atoms with E-state index in [9.17, 15) is 0 Å². The zero-order valence-corrected chi connectivity index (χ0v) is 11.4. The Balaban J connectivity index is 1.39. The van der Waals surface area contributed by atoms with E-state index in [-0.39, 0.29) is 0 Å². The maximum atomic E-state index is 6.41. The maximum absolute atomic E-state index is 6.41. The zero-order chi connectivity index (χ0) is 12.4. The van der Waals surface area contributed by atoms with Gasteiger partial charge in [0.25, 0.3) is 0 Å². The molecule has 4 saturated heterocycles. The van der Waals surface area contributed by atoms with E-state index in [1.165, 1.54) is 58.4 Å². The summed E-state index contributed by atoms with van der Waals surface area (Å²) in [6, 6.07) is 0.964. The molecule has 4 rings (SSSR count). The molecule has 0 amide bonds. The van der Waals surface area contributed by atoms with Crippen molar-refractivity contribution in [2.45, 2.75) is 50.3 Å². The molecule has 0 spiro atoms. The van der Waals surface area contributed by atoms with Crippen LogP contribution in [0.15, 0.2) is 0 Å². The molecule has 4 heterocycles. The molecular formula is C14H27N3O. The van der Waals surface area contributed by atoms with Crippen LogP contribution < -0.4 is 5.73 Å². The summed E-state index contributed by atoms with van der Waals surface area (Å²) in [4.78, 5) is 5.18. The number of fused-ring (bicyclic) bond motifs is 3. The number of hydrogen-bond donors (Lipinski definition) is 1. The van der Waals surface area contributed by atoms with E-state index < -0.39 is 0 Å². The first-order valence-electron chi connectivity index (χ1n) is 7.66. The van der Waals surface area contributed by atoms with Gasteiger partial charge in [-0.3, -0.25) is 9.80 Å². The Morgan fingerprint density at radius 1 is 1.22 bits per heavy atom. The summed E-state index contributed by atoms with van der Waals surface area (Å²) in [6.45, 7) is 7.12. The summed E-state index contributed by atoms with van der Waals surface area (Å²) >= 11 is 0. The molecule has 4 aliphatic rings. The fraction of sp³-hybridized carbons (Fsp3) is 1.00.